The third-order valence-electron chi connectivity index (χ3n) is 3.32. The molecule has 0 spiro atoms. The van der Waals surface area contributed by atoms with Gasteiger partial charge in [-0.2, -0.15) is 5.10 Å². The van der Waals surface area contributed by atoms with Crippen LogP contribution in [0, 0.1) is 5.82 Å². The SMILES string of the molecule is CCc1cc(NC(=O)NCC(O)c2ccc(Cl)c(F)c2)n(C)n1. The molecule has 2 aromatic rings. The Labute approximate surface area is 138 Å². The minimum atomic E-state index is -1.04. The number of aliphatic hydroxyl groups excluding tert-OH is 1. The van der Waals surface area contributed by atoms with Gasteiger partial charge in [-0.3, -0.25) is 10.00 Å². The Bertz CT molecular complexity index is 705. The van der Waals surface area contributed by atoms with E-state index in [1.807, 2.05) is 6.92 Å². The molecule has 1 aromatic heterocycles. The largest absolute Gasteiger partial charge is 0.387 e. The number of hydrogen-bond donors (Lipinski definition) is 3. The fraction of sp³-hybridized carbons (Fsp3) is 0.333. The van der Waals surface area contributed by atoms with Crippen LogP contribution in [-0.2, 0) is 13.5 Å². The molecule has 0 radical (unpaired) electrons. The second-order valence-corrected chi connectivity index (χ2v) is 5.43. The Morgan fingerprint density at radius 3 is 2.83 bits per heavy atom. The summed E-state index contributed by atoms with van der Waals surface area (Å²) in [5.41, 5.74) is 1.19. The summed E-state index contributed by atoms with van der Waals surface area (Å²) in [5, 5.41) is 19.3. The number of aryl methyl sites for hydroxylation is 2. The van der Waals surface area contributed by atoms with Gasteiger partial charge in [-0.25, -0.2) is 9.18 Å². The highest BCUT2D eigenvalue weighted by atomic mass is 35.5. The van der Waals surface area contributed by atoms with Crippen molar-refractivity contribution in [2.45, 2.75) is 19.4 Å². The van der Waals surface area contributed by atoms with E-state index in [0.29, 0.717) is 11.4 Å². The molecule has 0 fully saturated rings. The number of carbonyl (C=O) groups excluding carboxylic acids is 1. The van der Waals surface area contributed by atoms with Crippen LogP contribution in [0.4, 0.5) is 15.0 Å². The van der Waals surface area contributed by atoms with E-state index in [2.05, 4.69) is 15.7 Å². The molecule has 0 saturated carbocycles. The Morgan fingerprint density at radius 1 is 1.48 bits per heavy atom. The van der Waals surface area contributed by atoms with E-state index in [4.69, 9.17) is 11.6 Å². The first-order chi connectivity index (χ1) is 10.9. The fourth-order valence-electron chi connectivity index (χ4n) is 2.00. The Balaban J connectivity index is 1.90. The molecule has 1 unspecified atom stereocenters. The predicted octanol–water partition coefficient (Wildman–Crippen LogP) is 2.63. The lowest BCUT2D eigenvalue weighted by atomic mass is 10.1. The number of nitrogens with zero attached hydrogens (tertiary/aromatic N) is 2. The predicted molar refractivity (Wildman–Crippen MR) is 86.0 cm³/mol. The molecule has 1 atom stereocenters. The van der Waals surface area contributed by atoms with E-state index >= 15 is 0 Å². The van der Waals surface area contributed by atoms with E-state index in [9.17, 15) is 14.3 Å². The van der Waals surface area contributed by atoms with Crippen molar-refractivity contribution < 1.29 is 14.3 Å². The van der Waals surface area contributed by atoms with E-state index in [1.165, 1.54) is 12.1 Å². The van der Waals surface area contributed by atoms with Crippen LogP contribution >= 0.6 is 11.6 Å². The van der Waals surface area contributed by atoms with Gasteiger partial charge in [-0.05, 0) is 24.1 Å². The zero-order valence-corrected chi connectivity index (χ0v) is 13.6. The van der Waals surface area contributed by atoms with Gasteiger partial charge in [-0.1, -0.05) is 24.6 Å². The number of aliphatic hydroxyl groups is 1. The highest BCUT2D eigenvalue weighted by Crippen LogP contribution is 2.20. The number of aromatic nitrogens is 2. The Kier molecular flexibility index (Phi) is 5.57. The number of halogens is 2. The van der Waals surface area contributed by atoms with Gasteiger partial charge in [0.2, 0.25) is 0 Å². The molecule has 23 heavy (non-hydrogen) atoms. The van der Waals surface area contributed by atoms with Crippen LogP contribution in [-0.4, -0.2) is 27.5 Å². The van der Waals surface area contributed by atoms with Crippen LogP contribution in [0.15, 0.2) is 24.3 Å². The van der Waals surface area contributed by atoms with E-state index in [0.717, 1.165) is 18.2 Å². The average Bonchev–Trinajstić information content (AvgIpc) is 2.87. The molecule has 2 rings (SSSR count). The van der Waals surface area contributed by atoms with Crippen molar-refractivity contribution >= 4 is 23.4 Å². The first-order valence-corrected chi connectivity index (χ1v) is 7.49. The summed E-state index contributed by atoms with van der Waals surface area (Å²) in [4.78, 5) is 11.8. The maximum absolute atomic E-state index is 13.4. The monoisotopic (exact) mass is 340 g/mol. The van der Waals surface area contributed by atoms with Crippen molar-refractivity contribution in [2.24, 2.45) is 7.05 Å². The molecule has 0 aliphatic heterocycles. The number of benzene rings is 1. The molecule has 6 nitrogen and oxygen atoms in total. The molecule has 0 aliphatic rings. The summed E-state index contributed by atoms with van der Waals surface area (Å²) < 4.78 is 14.9. The highest BCUT2D eigenvalue weighted by Gasteiger charge is 2.13. The molecular formula is C15H18ClFN4O2. The molecule has 2 amide bonds. The summed E-state index contributed by atoms with van der Waals surface area (Å²) in [5.74, 6) is -0.0685. The summed E-state index contributed by atoms with van der Waals surface area (Å²) in [7, 11) is 1.72. The van der Waals surface area contributed by atoms with Crippen LogP contribution < -0.4 is 10.6 Å². The van der Waals surface area contributed by atoms with Gasteiger partial charge in [0.15, 0.2) is 0 Å². The second kappa shape index (κ2) is 7.43. The average molecular weight is 341 g/mol. The number of hydrogen-bond acceptors (Lipinski definition) is 3. The molecule has 8 heteroatoms. The molecule has 0 saturated heterocycles. The minimum Gasteiger partial charge on any atom is -0.387 e. The van der Waals surface area contributed by atoms with E-state index in [-0.39, 0.29) is 11.6 Å². The van der Waals surface area contributed by atoms with Crippen LogP contribution in [0.25, 0.3) is 0 Å². The van der Waals surface area contributed by atoms with Gasteiger partial charge in [-0.15, -0.1) is 0 Å². The zero-order valence-electron chi connectivity index (χ0n) is 12.8. The first kappa shape index (κ1) is 17.2. The normalized spacial score (nSPS) is 12.0. The molecule has 0 aliphatic carbocycles. The van der Waals surface area contributed by atoms with Crippen LogP contribution in [0.1, 0.15) is 24.3 Å². The Morgan fingerprint density at radius 2 is 2.22 bits per heavy atom. The molecule has 1 aromatic carbocycles. The lowest BCUT2D eigenvalue weighted by molar-refractivity contribution is 0.174. The third-order valence-corrected chi connectivity index (χ3v) is 3.63. The van der Waals surface area contributed by atoms with E-state index < -0.39 is 18.0 Å². The highest BCUT2D eigenvalue weighted by molar-refractivity contribution is 6.30. The zero-order chi connectivity index (χ0) is 17.0. The smallest absolute Gasteiger partial charge is 0.320 e. The number of rotatable bonds is 5. The van der Waals surface area contributed by atoms with Crippen molar-refractivity contribution in [1.82, 2.24) is 15.1 Å². The number of nitrogens with one attached hydrogen (secondary N) is 2. The second-order valence-electron chi connectivity index (χ2n) is 5.02. The topological polar surface area (TPSA) is 79.2 Å². The molecule has 0 bridgehead atoms. The maximum Gasteiger partial charge on any atom is 0.320 e. The maximum atomic E-state index is 13.4. The Hall–Kier alpha value is -2.12. The van der Waals surface area contributed by atoms with Crippen LogP contribution in [0.5, 0.6) is 0 Å². The summed E-state index contributed by atoms with van der Waals surface area (Å²) in [6.07, 6.45) is -0.275. The fourth-order valence-corrected chi connectivity index (χ4v) is 2.12. The van der Waals surface area contributed by atoms with Gasteiger partial charge >= 0.3 is 6.03 Å². The third kappa shape index (κ3) is 4.43. The van der Waals surface area contributed by atoms with Gasteiger partial charge in [0.1, 0.15) is 11.6 Å². The quantitative estimate of drug-likeness (QED) is 0.782. The standard InChI is InChI=1S/C15H18ClFN4O2/c1-3-10-7-14(21(2)20-10)19-15(23)18-8-13(22)9-4-5-11(16)12(17)6-9/h4-7,13,22H,3,8H2,1-2H3,(H2,18,19,23). The van der Waals surface area contributed by atoms with Gasteiger partial charge in [0.25, 0.3) is 0 Å². The summed E-state index contributed by atoms with van der Waals surface area (Å²) in [6, 6.07) is 5.29. The van der Waals surface area contributed by atoms with Crippen molar-refractivity contribution in [2.75, 3.05) is 11.9 Å². The lowest BCUT2D eigenvalue weighted by Crippen LogP contribution is -2.33. The number of anilines is 1. The van der Waals surface area contributed by atoms with Gasteiger partial charge in [0, 0.05) is 19.7 Å². The van der Waals surface area contributed by atoms with Crippen molar-refractivity contribution in [3.8, 4) is 0 Å². The molecule has 3 N–H and O–H groups in total. The molecular weight excluding hydrogens is 323 g/mol. The van der Waals surface area contributed by atoms with Gasteiger partial charge in [0.05, 0.1) is 16.8 Å². The molecule has 124 valence electrons. The van der Waals surface area contributed by atoms with Gasteiger partial charge < -0.3 is 10.4 Å². The minimum absolute atomic E-state index is 0.0189. The van der Waals surface area contributed by atoms with Crippen molar-refractivity contribution in [1.29, 1.82) is 0 Å². The number of urea groups is 1. The molecule has 1 heterocycles. The van der Waals surface area contributed by atoms with Crippen molar-refractivity contribution in [3.63, 3.8) is 0 Å². The van der Waals surface area contributed by atoms with E-state index in [1.54, 1.807) is 17.8 Å². The lowest BCUT2D eigenvalue weighted by Gasteiger charge is -2.13. The number of carbonyl (C=O) groups is 1. The first-order valence-electron chi connectivity index (χ1n) is 7.11. The van der Waals surface area contributed by atoms with Crippen LogP contribution in [0.2, 0.25) is 5.02 Å². The van der Waals surface area contributed by atoms with Crippen molar-refractivity contribution in [3.05, 3.63) is 46.4 Å². The number of amides is 2. The summed E-state index contributed by atoms with van der Waals surface area (Å²) in [6.45, 7) is 1.90. The van der Waals surface area contributed by atoms with Crippen LogP contribution in [0.3, 0.4) is 0 Å². The summed E-state index contributed by atoms with van der Waals surface area (Å²) >= 11 is 5.59.